The van der Waals surface area contributed by atoms with Crippen molar-refractivity contribution in [2.24, 2.45) is 5.92 Å². The summed E-state index contributed by atoms with van der Waals surface area (Å²) in [4.78, 5) is 27.7. The van der Waals surface area contributed by atoms with Crippen molar-refractivity contribution in [1.82, 2.24) is 9.80 Å². The topological polar surface area (TPSA) is 49.9 Å². The van der Waals surface area contributed by atoms with Gasteiger partial charge in [0.25, 0.3) is 0 Å². The van der Waals surface area contributed by atoms with Gasteiger partial charge in [-0.1, -0.05) is 6.92 Å². The average Bonchev–Trinajstić information content (AvgIpc) is 2.46. The molecule has 0 saturated carbocycles. The van der Waals surface area contributed by atoms with Crippen molar-refractivity contribution in [2.75, 3.05) is 33.3 Å². The van der Waals surface area contributed by atoms with Gasteiger partial charge in [0.2, 0.25) is 0 Å². The molecule has 2 fully saturated rings. The van der Waals surface area contributed by atoms with Crippen molar-refractivity contribution in [3.63, 3.8) is 0 Å². The minimum Gasteiger partial charge on any atom is -0.381 e. The average molecular weight is 268 g/mol. The Morgan fingerprint density at radius 3 is 1.74 bits per heavy atom. The minimum atomic E-state index is -0.330. The smallest absolute Gasteiger partial charge is 0.312 e. The highest BCUT2D eigenvalue weighted by Gasteiger charge is 2.31. The number of amides is 2. The van der Waals surface area contributed by atoms with Crippen LogP contribution in [0.1, 0.15) is 32.6 Å². The maximum atomic E-state index is 12.2. The maximum Gasteiger partial charge on any atom is 0.312 e. The van der Waals surface area contributed by atoms with E-state index in [0.717, 1.165) is 38.8 Å². The van der Waals surface area contributed by atoms with Gasteiger partial charge in [0.15, 0.2) is 0 Å². The van der Waals surface area contributed by atoms with Crippen LogP contribution in [-0.2, 0) is 14.3 Å². The van der Waals surface area contributed by atoms with E-state index < -0.39 is 0 Å². The Balaban J connectivity index is 1.84. The Morgan fingerprint density at radius 1 is 0.895 bits per heavy atom. The molecule has 2 rings (SSSR count). The number of carbonyl (C=O) groups is 2. The zero-order valence-corrected chi connectivity index (χ0v) is 11.9. The molecule has 0 spiro atoms. The van der Waals surface area contributed by atoms with Crippen molar-refractivity contribution in [3.8, 4) is 0 Å². The van der Waals surface area contributed by atoms with Crippen LogP contribution in [0.25, 0.3) is 0 Å². The number of hydrogen-bond acceptors (Lipinski definition) is 3. The molecule has 5 heteroatoms. The molecule has 2 heterocycles. The molecule has 2 amide bonds. The molecule has 2 aliphatic heterocycles. The second kappa shape index (κ2) is 6.37. The van der Waals surface area contributed by atoms with Crippen molar-refractivity contribution in [3.05, 3.63) is 0 Å². The van der Waals surface area contributed by atoms with E-state index in [1.54, 1.807) is 16.9 Å². The molecule has 5 nitrogen and oxygen atoms in total. The lowest BCUT2D eigenvalue weighted by Gasteiger charge is -2.34. The molecular formula is C14H24N2O3. The van der Waals surface area contributed by atoms with Gasteiger partial charge in [0, 0.05) is 33.3 Å². The van der Waals surface area contributed by atoms with Crippen molar-refractivity contribution >= 4 is 11.8 Å². The number of ether oxygens (including phenoxy) is 1. The molecular weight excluding hydrogens is 244 g/mol. The molecule has 0 aromatic heterocycles. The maximum absolute atomic E-state index is 12.2. The third-order valence-corrected chi connectivity index (χ3v) is 4.32. The van der Waals surface area contributed by atoms with Crippen molar-refractivity contribution < 1.29 is 14.3 Å². The van der Waals surface area contributed by atoms with Gasteiger partial charge in [-0.05, 0) is 31.6 Å². The number of methoxy groups -OCH3 is 1. The molecule has 0 unspecified atom stereocenters. The summed E-state index contributed by atoms with van der Waals surface area (Å²) in [6.07, 6.45) is 3.89. The summed E-state index contributed by atoms with van der Waals surface area (Å²) in [6.45, 7) is 4.90. The standard InChI is InChI=1S/C14H24N2O3/c1-11-3-7-15(8-4-11)13(17)14(18)16-9-5-12(19-2)6-10-16/h11-12H,3-10H2,1-2H3. The molecule has 0 aliphatic carbocycles. The van der Waals surface area contributed by atoms with Crippen molar-refractivity contribution in [1.29, 1.82) is 0 Å². The number of rotatable bonds is 1. The predicted octanol–water partition coefficient (Wildman–Crippen LogP) is 0.882. The lowest BCUT2D eigenvalue weighted by atomic mass is 9.99. The minimum absolute atomic E-state index is 0.231. The highest BCUT2D eigenvalue weighted by Crippen LogP contribution is 2.18. The first-order valence-electron chi connectivity index (χ1n) is 7.22. The summed E-state index contributed by atoms with van der Waals surface area (Å²) in [7, 11) is 1.70. The van der Waals surface area contributed by atoms with Crippen LogP contribution in [0.5, 0.6) is 0 Å². The summed E-state index contributed by atoms with van der Waals surface area (Å²) in [6, 6.07) is 0. The van der Waals surface area contributed by atoms with E-state index in [1.807, 2.05) is 0 Å². The van der Waals surface area contributed by atoms with Crippen LogP contribution in [-0.4, -0.2) is 61.0 Å². The molecule has 0 aromatic carbocycles. The number of hydrogen-bond donors (Lipinski definition) is 0. The van der Waals surface area contributed by atoms with Gasteiger partial charge in [-0.3, -0.25) is 9.59 Å². The highest BCUT2D eigenvalue weighted by molar-refractivity contribution is 6.34. The van der Waals surface area contributed by atoms with Crippen LogP contribution in [0.2, 0.25) is 0 Å². The summed E-state index contributed by atoms with van der Waals surface area (Å²) in [5.41, 5.74) is 0. The van der Waals surface area contributed by atoms with E-state index >= 15 is 0 Å². The second-order valence-electron chi connectivity index (χ2n) is 5.70. The van der Waals surface area contributed by atoms with Gasteiger partial charge in [-0.15, -0.1) is 0 Å². The highest BCUT2D eigenvalue weighted by atomic mass is 16.5. The number of nitrogens with zero attached hydrogens (tertiary/aromatic N) is 2. The summed E-state index contributed by atoms with van der Waals surface area (Å²) >= 11 is 0. The number of likely N-dealkylation sites (tertiary alicyclic amines) is 2. The van der Waals surface area contributed by atoms with Crippen molar-refractivity contribution in [2.45, 2.75) is 38.7 Å². The monoisotopic (exact) mass is 268 g/mol. The first kappa shape index (κ1) is 14.3. The summed E-state index contributed by atoms with van der Waals surface area (Å²) in [5.74, 6) is 0.0171. The van der Waals surface area contributed by atoms with E-state index in [-0.39, 0.29) is 17.9 Å². The van der Waals surface area contributed by atoms with Crippen LogP contribution in [0.4, 0.5) is 0 Å². The van der Waals surface area contributed by atoms with Gasteiger partial charge >= 0.3 is 11.8 Å². The Bertz CT molecular complexity index is 330. The quantitative estimate of drug-likeness (QED) is 0.663. The third-order valence-electron chi connectivity index (χ3n) is 4.32. The molecule has 108 valence electrons. The molecule has 19 heavy (non-hydrogen) atoms. The Labute approximate surface area is 114 Å². The molecule has 0 aromatic rings. The molecule has 2 aliphatic rings. The van der Waals surface area contributed by atoms with Gasteiger partial charge in [0.1, 0.15) is 0 Å². The third kappa shape index (κ3) is 3.47. The van der Waals surface area contributed by atoms with E-state index in [2.05, 4.69) is 6.92 Å². The lowest BCUT2D eigenvalue weighted by Crippen LogP contribution is -2.50. The molecule has 0 radical (unpaired) electrons. The predicted molar refractivity (Wildman–Crippen MR) is 71.6 cm³/mol. The first-order chi connectivity index (χ1) is 9.11. The molecule has 0 bridgehead atoms. The SMILES string of the molecule is COC1CCN(C(=O)C(=O)N2CCC(C)CC2)CC1. The second-order valence-corrected chi connectivity index (χ2v) is 5.70. The van der Waals surface area contributed by atoms with Gasteiger partial charge < -0.3 is 14.5 Å². The summed E-state index contributed by atoms with van der Waals surface area (Å²) < 4.78 is 5.27. The van der Waals surface area contributed by atoms with E-state index in [1.165, 1.54) is 0 Å². The van der Waals surface area contributed by atoms with Gasteiger partial charge in [-0.25, -0.2) is 0 Å². The summed E-state index contributed by atoms with van der Waals surface area (Å²) in [5, 5.41) is 0. The van der Waals surface area contributed by atoms with E-state index in [4.69, 9.17) is 4.74 Å². The largest absolute Gasteiger partial charge is 0.381 e. The van der Waals surface area contributed by atoms with Crippen LogP contribution in [0.3, 0.4) is 0 Å². The Kier molecular flexibility index (Phi) is 4.80. The normalized spacial score (nSPS) is 22.6. The number of carbonyl (C=O) groups excluding carboxylic acids is 2. The van der Waals surface area contributed by atoms with Crippen LogP contribution < -0.4 is 0 Å². The fourth-order valence-electron chi connectivity index (χ4n) is 2.78. The zero-order valence-electron chi connectivity index (χ0n) is 11.9. The Hall–Kier alpha value is -1.10. The van der Waals surface area contributed by atoms with Gasteiger partial charge in [-0.2, -0.15) is 0 Å². The lowest BCUT2D eigenvalue weighted by molar-refractivity contribution is -0.153. The van der Waals surface area contributed by atoms with E-state index in [0.29, 0.717) is 19.0 Å². The Morgan fingerprint density at radius 2 is 1.32 bits per heavy atom. The molecule has 0 atom stereocenters. The van der Waals surface area contributed by atoms with Crippen LogP contribution in [0, 0.1) is 5.92 Å². The van der Waals surface area contributed by atoms with E-state index in [9.17, 15) is 9.59 Å². The fourth-order valence-corrected chi connectivity index (χ4v) is 2.78. The van der Waals surface area contributed by atoms with Crippen LogP contribution in [0.15, 0.2) is 0 Å². The fraction of sp³-hybridized carbons (Fsp3) is 0.857. The molecule has 2 saturated heterocycles. The zero-order chi connectivity index (χ0) is 13.8. The first-order valence-corrected chi connectivity index (χ1v) is 7.22. The molecule has 0 N–H and O–H groups in total. The van der Waals surface area contributed by atoms with Gasteiger partial charge in [0.05, 0.1) is 6.10 Å². The number of piperidine rings is 2. The van der Waals surface area contributed by atoms with Crippen LogP contribution >= 0.6 is 0 Å².